The number of nitrogens with zero attached hydrogens (tertiary/aromatic N) is 4. The lowest BCUT2D eigenvalue weighted by molar-refractivity contribution is -0.166. The molecule has 44 heavy (non-hydrogen) atoms. The van der Waals surface area contributed by atoms with Gasteiger partial charge in [0, 0.05) is 26.3 Å². The Labute approximate surface area is 251 Å². The Balaban J connectivity index is 1.56. The van der Waals surface area contributed by atoms with Crippen LogP contribution in [0.25, 0.3) is 11.2 Å². The normalized spacial score (nSPS) is 19.2. The Morgan fingerprint density at radius 1 is 0.864 bits per heavy atom. The van der Waals surface area contributed by atoms with Gasteiger partial charge in [-0.3, -0.25) is 29.1 Å². The summed E-state index contributed by atoms with van der Waals surface area (Å²) >= 11 is 0. The summed E-state index contributed by atoms with van der Waals surface area (Å²) in [4.78, 5) is 62.1. The third-order valence-electron chi connectivity index (χ3n) is 6.48. The Morgan fingerprint density at radius 3 is 2.18 bits per heavy atom. The molecule has 5 rings (SSSR count). The zero-order valence-electron chi connectivity index (χ0n) is 24.0. The second-order valence-electron chi connectivity index (χ2n) is 9.79. The van der Waals surface area contributed by atoms with E-state index in [1.54, 1.807) is 30.3 Å². The maximum Gasteiger partial charge on any atom is 0.303 e. The van der Waals surface area contributed by atoms with Crippen molar-refractivity contribution < 1.29 is 42.9 Å². The van der Waals surface area contributed by atoms with Gasteiger partial charge in [0.25, 0.3) is 5.91 Å². The van der Waals surface area contributed by atoms with E-state index in [9.17, 15) is 19.2 Å². The topological polar surface area (TPSA) is 170 Å². The van der Waals surface area contributed by atoms with E-state index in [-0.39, 0.29) is 36.2 Å². The number of hydrogen-bond acceptors (Lipinski definition) is 12. The molecule has 1 N–H and O–H groups in total. The van der Waals surface area contributed by atoms with Crippen LogP contribution in [0.3, 0.4) is 0 Å². The van der Waals surface area contributed by atoms with Crippen LogP contribution in [0.1, 0.15) is 42.9 Å². The number of benzene rings is 2. The lowest BCUT2D eigenvalue weighted by Crippen LogP contribution is -2.40. The molecule has 4 aromatic rings. The number of aromatic nitrogens is 4. The van der Waals surface area contributed by atoms with E-state index in [2.05, 4.69) is 20.3 Å². The van der Waals surface area contributed by atoms with Gasteiger partial charge in [0.2, 0.25) is 11.8 Å². The molecule has 0 bridgehead atoms. The molecule has 1 aliphatic rings. The van der Waals surface area contributed by atoms with Crippen LogP contribution in [-0.2, 0) is 39.9 Å². The predicted molar refractivity (Wildman–Crippen MR) is 152 cm³/mol. The van der Waals surface area contributed by atoms with Crippen LogP contribution >= 0.6 is 0 Å². The summed E-state index contributed by atoms with van der Waals surface area (Å²) in [5.41, 5.74) is 1.61. The van der Waals surface area contributed by atoms with E-state index in [1.807, 2.05) is 30.3 Å². The molecular weight excluding hydrogens is 574 g/mol. The Kier molecular flexibility index (Phi) is 9.09. The molecule has 228 valence electrons. The molecule has 0 saturated carbocycles. The van der Waals surface area contributed by atoms with E-state index < -0.39 is 48.4 Å². The molecule has 2 aromatic heterocycles. The minimum Gasteiger partial charge on any atom is -0.471 e. The van der Waals surface area contributed by atoms with Crippen LogP contribution in [0.5, 0.6) is 5.88 Å². The number of amides is 1. The third-order valence-corrected chi connectivity index (χ3v) is 6.48. The first-order valence-electron chi connectivity index (χ1n) is 13.6. The fraction of sp³-hybridized carbons (Fsp3) is 0.300. The highest BCUT2D eigenvalue weighted by molar-refractivity contribution is 6.03. The Bertz CT molecular complexity index is 1660. The number of carbonyl (C=O) groups excluding carboxylic acids is 4. The van der Waals surface area contributed by atoms with Crippen molar-refractivity contribution in [2.75, 3.05) is 11.9 Å². The first kappa shape index (κ1) is 30.1. The second-order valence-corrected chi connectivity index (χ2v) is 9.79. The smallest absolute Gasteiger partial charge is 0.303 e. The van der Waals surface area contributed by atoms with Crippen molar-refractivity contribution in [3.05, 3.63) is 78.1 Å². The fourth-order valence-corrected chi connectivity index (χ4v) is 4.64. The van der Waals surface area contributed by atoms with Gasteiger partial charge >= 0.3 is 17.9 Å². The summed E-state index contributed by atoms with van der Waals surface area (Å²) in [7, 11) is 0. The van der Waals surface area contributed by atoms with Gasteiger partial charge in [-0.1, -0.05) is 48.5 Å². The summed E-state index contributed by atoms with van der Waals surface area (Å²) in [6.07, 6.45) is -3.07. The molecule has 1 amide bonds. The molecule has 14 heteroatoms. The predicted octanol–water partition coefficient (Wildman–Crippen LogP) is 2.98. The molecular formula is C30H29N5O9. The lowest BCUT2D eigenvalue weighted by Gasteiger charge is -2.23. The van der Waals surface area contributed by atoms with Crippen molar-refractivity contribution in [3.8, 4) is 5.88 Å². The van der Waals surface area contributed by atoms with Gasteiger partial charge in [0.1, 0.15) is 19.3 Å². The van der Waals surface area contributed by atoms with Crippen molar-refractivity contribution >= 4 is 40.9 Å². The maximum atomic E-state index is 13.0. The second kappa shape index (κ2) is 13.3. The van der Waals surface area contributed by atoms with E-state index >= 15 is 0 Å². The van der Waals surface area contributed by atoms with E-state index in [4.69, 9.17) is 23.7 Å². The summed E-state index contributed by atoms with van der Waals surface area (Å²) in [5.74, 6) is -2.40. The van der Waals surface area contributed by atoms with E-state index in [0.717, 1.165) is 5.56 Å². The minimum atomic E-state index is -1.18. The van der Waals surface area contributed by atoms with Crippen LogP contribution in [0.4, 0.5) is 5.95 Å². The molecule has 1 aliphatic heterocycles. The zero-order valence-corrected chi connectivity index (χ0v) is 24.0. The zero-order chi connectivity index (χ0) is 31.2. The molecule has 0 spiro atoms. The SMILES string of the molecule is CC(=O)OC[C@H]1O[C@@H](n2cnc3c(OCc4ccccc4)nc(NC(=O)c4ccccc4)nc32)[C@H](OC(C)=O)[C@@H]1OC(C)=O. The average Bonchev–Trinajstić information content (AvgIpc) is 3.56. The highest BCUT2D eigenvalue weighted by atomic mass is 16.7. The largest absolute Gasteiger partial charge is 0.471 e. The van der Waals surface area contributed by atoms with Crippen molar-refractivity contribution in [2.45, 2.75) is 51.9 Å². The average molecular weight is 604 g/mol. The summed E-state index contributed by atoms with van der Waals surface area (Å²) in [6.45, 7) is 3.47. The number of hydrogen-bond donors (Lipinski definition) is 1. The number of fused-ring (bicyclic) bond motifs is 1. The standard InChI is InChI=1S/C30H29N5O9/c1-17(36)40-15-22-24(42-18(2)37)25(43-19(3)38)29(44-22)35-16-31-23-26(35)32-30(33-27(39)21-12-8-5-9-13-21)34-28(23)41-14-20-10-6-4-7-11-20/h4-13,16,22,24-25,29H,14-15H2,1-3H3,(H,32,33,34,39)/t22-,24-,25-,29-/m1/s1. The quantitative estimate of drug-likeness (QED) is 0.208. The molecule has 0 radical (unpaired) electrons. The highest BCUT2D eigenvalue weighted by Gasteiger charge is 2.51. The minimum absolute atomic E-state index is 0.0657. The van der Waals surface area contributed by atoms with Gasteiger partial charge in [0.15, 0.2) is 29.6 Å². The monoisotopic (exact) mass is 603 g/mol. The van der Waals surface area contributed by atoms with Crippen LogP contribution in [0.15, 0.2) is 67.0 Å². The summed E-state index contributed by atoms with van der Waals surface area (Å²) < 4.78 is 29.8. The number of rotatable bonds is 10. The molecule has 4 atom stereocenters. The molecule has 14 nitrogen and oxygen atoms in total. The Morgan fingerprint density at radius 2 is 1.52 bits per heavy atom. The summed E-state index contributed by atoms with van der Waals surface area (Å²) in [6, 6.07) is 17.9. The van der Waals surface area contributed by atoms with Crippen LogP contribution in [0, 0.1) is 0 Å². The lowest BCUT2D eigenvalue weighted by atomic mass is 10.1. The Hall–Kier alpha value is -5.37. The van der Waals surface area contributed by atoms with Crippen molar-refractivity contribution in [1.29, 1.82) is 0 Å². The highest BCUT2D eigenvalue weighted by Crippen LogP contribution is 2.37. The van der Waals surface area contributed by atoms with Gasteiger partial charge in [-0.25, -0.2) is 4.98 Å². The first-order valence-corrected chi connectivity index (χ1v) is 13.6. The fourth-order valence-electron chi connectivity index (χ4n) is 4.64. The molecule has 0 aliphatic carbocycles. The number of nitrogens with one attached hydrogen (secondary N) is 1. The van der Waals surface area contributed by atoms with Crippen LogP contribution in [-0.4, -0.2) is 68.3 Å². The van der Waals surface area contributed by atoms with Gasteiger partial charge < -0.3 is 23.7 Å². The number of ether oxygens (including phenoxy) is 5. The molecule has 2 aromatic carbocycles. The number of esters is 3. The van der Waals surface area contributed by atoms with Crippen molar-refractivity contribution in [3.63, 3.8) is 0 Å². The van der Waals surface area contributed by atoms with Crippen LogP contribution < -0.4 is 10.1 Å². The number of imidazole rings is 1. The number of anilines is 1. The third kappa shape index (κ3) is 6.98. The maximum absolute atomic E-state index is 13.0. The van der Waals surface area contributed by atoms with Gasteiger partial charge in [-0.05, 0) is 17.7 Å². The van der Waals surface area contributed by atoms with Gasteiger partial charge in [-0.15, -0.1) is 0 Å². The molecule has 1 saturated heterocycles. The van der Waals surface area contributed by atoms with Gasteiger partial charge in [0.05, 0.1) is 6.33 Å². The molecule has 1 fully saturated rings. The molecule has 3 heterocycles. The van der Waals surface area contributed by atoms with Crippen molar-refractivity contribution in [2.24, 2.45) is 0 Å². The van der Waals surface area contributed by atoms with E-state index in [0.29, 0.717) is 5.56 Å². The van der Waals surface area contributed by atoms with E-state index in [1.165, 1.54) is 31.7 Å². The van der Waals surface area contributed by atoms with Crippen molar-refractivity contribution in [1.82, 2.24) is 19.5 Å². The number of carbonyl (C=O) groups is 4. The van der Waals surface area contributed by atoms with Crippen LogP contribution in [0.2, 0.25) is 0 Å². The summed E-state index contributed by atoms with van der Waals surface area (Å²) in [5, 5.41) is 2.68. The van der Waals surface area contributed by atoms with Gasteiger partial charge in [-0.2, -0.15) is 9.97 Å². The first-order chi connectivity index (χ1) is 21.2. The molecule has 0 unspecified atom stereocenters.